The Balaban J connectivity index is 1.99. The average Bonchev–Trinajstić information content (AvgIpc) is 2.85. The molecule has 0 bridgehead atoms. The third-order valence-corrected chi connectivity index (χ3v) is 3.16. The lowest BCUT2D eigenvalue weighted by Gasteiger charge is -2.14. The molecule has 1 atom stereocenters. The monoisotopic (exact) mass is 277 g/mol. The molecule has 1 heterocycles. The van der Waals surface area contributed by atoms with Crippen molar-refractivity contribution in [3.8, 4) is 0 Å². The van der Waals surface area contributed by atoms with E-state index in [0.717, 1.165) is 17.3 Å². The highest BCUT2D eigenvalue weighted by Gasteiger charge is 2.09. The second-order valence-corrected chi connectivity index (χ2v) is 5.28. The van der Waals surface area contributed by atoms with Crippen LogP contribution in [-0.2, 0) is 6.42 Å². The summed E-state index contributed by atoms with van der Waals surface area (Å²) in [5.74, 6) is 0. The Labute approximate surface area is 119 Å². The van der Waals surface area contributed by atoms with Gasteiger partial charge in [0.1, 0.15) is 18.2 Å². The van der Waals surface area contributed by atoms with E-state index >= 15 is 0 Å². The fourth-order valence-corrected chi connectivity index (χ4v) is 1.95. The van der Waals surface area contributed by atoms with Crippen molar-refractivity contribution in [2.75, 3.05) is 13.2 Å². The summed E-state index contributed by atoms with van der Waals surface area (Å²) in [5.41, 5.74) is 2.18. The molecule has 1 aromatic carbocycles. The molecule has 5 heteroatoms. The van der Waals surface area contributed by atoms with Crippen LogP contribution in [-0.4, -0.2) is 40.3 Å². The largest absolute Gasteiger partial charge is 0.393 e. The van der Waals surface area contributed by atoms with Crippen LogP contribution in [0.3, 0.4) is 0 Å². The number of aryl methyl sites for hydroxylation is 1. The Morgan fingerprint density at radius 3 is 2.90 bits per heavy atom. The Bertz CT molecular complexity index is 551. The first-order valence-corrected chi connectivity index (χ1v) is 7.11. The first-order valence-electron chi connectivity index (χ1n) is 7.11. The minimum absolute atomic E-state index is 0.215. The van der Waals surface area contributed by atoms with E-state index in [2.05, 4.69) is 29.5 Å². The van der Waals surface area contributed by atoms with Gasteiger partial charge in [0.2, 0.25) is 0 Å². The zero-order chi connectivity index (χ0) is 14.5. The summed E-state index contributed by atoms with van der Waals surface area (Å²) >= 11 is 0. The summed E-state index contributed by atoms with van der Waals surface area (Å²) < 4.78 is 0. The van der Waals surface area contributed by atoms with Gasteiger partial charge in [-0.05, 0) is 18.1 Å². The number of rotatable bonds is 7. The molecule has 2 rings (SSSR count). The molecule has 0 aliphatic heterocycles. The molecule has 0 aliphatic rings. The second-order valence-electron chi connectivity index (χ2n) is 5.28. The first-order chi connectivity index (χ1) is 9.60. The van der Waals surface area contributed by atoms with Crippen LogP contribution in [0.2, 0.25) is 0 Å². The Morgan fingerprint density at radius 1 is 1.40 bits per heavy atom. The van der Waals surface area contributed by atoms with E-state index in [1.165, 1.54) is 10.4 Å². The molecular weight excluding hydrogens is 254 g/mol. The number of nitrogens with one attached hydrogen (secondary N) is 1. The Morgan fingerprint density at radius 2 is 2.20 bits per heavy atom. The third-order valence-electron chi connectivity index (χ3n) is 3.16. The van der Waals surface area contributed by atoms with Gasteiger partial charge in [0.15, 0.2) is 0 Å². The van der Waals surface area contributed by atoms with Crippen molar-refractivity contribution >= 4 is 10.9 Å². The van der Waals surface area contributed by atoms with Gasteiger partial charge in [-0.1, -0.05) is 37.7 Å². The summed E-state index contributed by atoms with van der Waals surface area (Å²) in [6.07, 6.45) is 2.20. The minimum Gasteiger partial charge on any atom is -0.393 e. The van der Waals surface area contributed by atoms with Gasteiger partial charge in [-0.25, -0.2) is 0 Å². The summed E-state index contributed by atoms with van der Waals surface area (Å²) in [7, 11) is 0. The summed E-state index contributed by atoms with van der Waals surface area (Å²) in [6, 6.07) is 6.55. The fourth-order valence-electron chi connectivity index (χ4n) is 1.95. The van der Waals surface area contributed by atoms with Crippen molar-refractivity contribution in [1.29, 1.82) is 0 Å². The van der Waals surface area contributed by atoms with E-state index in [9.17, 15) is 5.11 Å². The van der Waals surface area contributed by atoms with E-state index in [-0.39, 0.29) is 6.61 Å². The van der Waals surface area contributed by atoms with Crippen LogP contribution in [0.5, 0.6) is 0 Å². The lowest BCUT2D eigenvalue weighted by atomic mass is 10.1. The summed E-state index contributed by atoms with van der Waals surface area (Å²) in [5, 5.41) is 18.3. The molecule has 1 aromatic heterocycles. The van der Waals surface area contributed by atoms with E-state index in [1.54, 1.807) is 6.20 Å². The molecule has 0 saturated carbocycles. The van der Waals surface area contributed by atoms with Crippen LogP contribution in [0.25, 0.3) is 10.9 Å². The summed E-state index contributed by atoms with van der Waals surface area (Å²) in [6.45, 7) is 6.93. The highest BCUT2D eigenvalue weighted by Crippen LogP contribution is 2.15. The van der Waals surface area contributed by atoms with Crippen molar-refractivity contribution < 1.29 is 9.94 Å². The third kappa shape index (κ3) is 3.71. The van der Waals surface area contributed by atoms with Crippen LogP contribution >= 0.6 is 0 Å². The standard InChI is InChI=1S/C15H23N3O2/c1-4-12-5-6-13-8-17-18(15(13)7-12)20-10-14(19)9-16-11(2)3/h5-8,11,14,16,19H,4,9-10H2,1-3H3. The van der Waals surface area contributed by atoms with Gasteiger partial charge in [-0.3, -0.25) is 0 Å². The Kier molecular flexibility index (Phi) is 4.98. The highest BCUT2D eigenvalue weighted by molar-refractivity contribution is 5.78. The van der Waals surface area contributed by atoms with E-state index in [4.69, 9.17) is 4.84 Å². The molecule has 110 valence electrons. The molecule has 0 spiro atoms. The predicted molar refractivity (Wildman–Crippen MR) is 79.7 cm³/mol. The molecule has 1 unspecified atom stereocenters. The van der Waals surface area contributed by atoms with Gasteiger partial charge in [0.25, 0.3) is 0 Å². The number of fused-ring (bicyclic) bond motifs is 1. The maximum atomic E-state index is 9.84. The van der Waals surface area contributed by atoms with Crippen molar-refractivity contribution in [2.45, 2.75) is 39.3 Å². The quantitative estimate of drug-likeness (QED) is 0.803. The molecule has 0 radical (unpaired) electrons. The zero-order valence-corrected chi connectivity index (χ0v) is 12.3. The van der Waals surface area contributed by atoms with E-state index in [1.807, 2.05) is 19.9 Å². The van der Waals surface area contributed by atoms with Gasteiger partial charge in [0.05, 0.1) is 6.20 Å². The lowest BCUT2D eigenvalue weighted by Crippen LogP contribution is -2.36. The molecule has 20 heavy (non-hydrogen) atoms. The maximum Gasteiger partial charge on any atom is 0.144 e. The fraction of sp³-hybridized carbons (Fsp3) is 0.533. The van der Waals surface area contributed by atoms with Crippen molar-refractivity contribution in [3.63, 3.8) is 0 Å². The summed E-state index contributed by atoms with van der Waals surface area (Å²) in [4.78, 5) is 7.06. The average molecular weight is 277 g/mol. The molecule has 2 aromatic rings. The number of aliphatic hydroxyl groups is 1. The number of benzene rings is 1. The van der Waals surface area contributed by atoms with Crippen LogP contribution in [0.4, 0.5) is 0 Å². The number of hydrogen-bond donors (Lipinski definition) is 2. The van der Waals surface area contributed by atoms with Gasteiger partial charge in [-0.2, -0.15) is 0 Å². The lowest BCUT2D eigenvalue weighted by molar-refractivity contribution is 0.0166. The van der Waals surface area contributed by atoms with Gasteiger partial charge >= 0.3 is 0 Å². The predicted octanol–water partition coefficient (Wildman–Crippen LogP) is 1.39. The van der Waals surface area contributed by atoms with Crippen LogP contribution in [0.15, 0.2) is 24.4 Å². The van der Waals surface area contributed by atoms with Gasteiger partial charge < -0.3 is 15.3 Å². The number of nitrogens with zero attached hydrogens (tertiary/aromatic N) is 2. The number of hydrogen-bond acceptors (Lipinski definition) is 4. The molecule has 5 nitrogen and oxygen atoms in total. The molecule has 0 fully saturated rings. The van der Waals surface area contributed by atoms with Crippen LogP contribution in [0, 0.1) is 0 Å². The SMILES string of the molecule is CCc1ccc2cnn(OCC(O)CNC(C)C)c2c1. The van der Waals surface area contributed by atoms with E-state index < -0.39 is 6.10 Å². The van der Waals surface area contributed by atoms with Crippen LogP contribution < -0.4 is 10.2 Å². The molecular formula is C15H23N3O2. The van der Waals surface area contributed by atoms with Crippen molar-refractivity contribution in [1.82, 2.24) is 15.3 Å². The van der Waals surface area contributed by atoms with Crippen molar-refractivity contribution in [3.05, 3.63) is 30.0 Å². The molecule has 0 aliphatic carbocycles. The van der Waals surface area contributed by atoms with Crippen molar-refractivity contribution in [2.24, 2.45) is 0 Å². The molecule has 0 amide bonds. The number of aromatic nitrogens is 2. The normalized spacial score (nSPS) is 13.1. The van der Waals surface area contributed by atoms with Crippen LogP contribution in [0.1, 0.15) is 26.3 Å². The number of aliphatic hydroxyl groups excluding tert-OH is 1. The minimum atomic E-state index is -0.550. The van der Waals surface area contributed by atoms with Gasteiger partial charge in [0, 0.05) is 18.0 Å². The zero-order valence-electron chi connectivity index (χ0n) is 12.3. The maximum absolute atomic E-state index is 9.84. The topological polar surface area (TPSA) is 59.3 Å². The Hall–Kier alpha value is -1.59. The molecule has 0 saturated heterocycles. The second kappa shape index (κ2) is 6.72. The smallest absolute Gasteiger partial charge is 0.144 e. The van der Waals surface area contributed by atoms with Gasteiger partial charge in [-0.15, -0.1) is 5.10 Å². The molecule has 2 N–H and O–H groups in total. The first kappa shape index (κ1) is 14.8. The highest BCUT2D eigenvalue weighted by atomic mass is 16.7. The van der Waals surface area contributed by atoms with E-state index in [0.29, 0.717) is 12.6 Å².